The maximum absolute atomic E-state index is 10.7. The molecule has 1 rings (SSSR count). The van der Waals surface area contributed by atoms with Crippen LogP contribution in [0.1, 0.15) is 25.0 Å². The van der Waals surface area contributed by atoms with Crippen molar-refractivity contribution in [1.82, 2.24) is 0 Å². The number of nitro benzene ring substituents is 1. The first-order valence-electron chi connectivity index (χ1n) is 5.44. The van der Waals surface area contributed by atoms with Crippen molar-refractivity contribution in [2.75, 3.05) is 0 Å². The van der Waals surface area contributed by atoms with E-state index in [4.69, 9.17) is 11.6 Å². The maximum Gasteiger partial charge on any atom is 0.288 e. The largest absolute Gasteiger partial charge is 0.393 e. The molecule has 0 fully saturated rings. The number of nitro groups is 1. The summed E-state index contributed by atoms with van der Waals surface area (Å²) in [7, 11) is 0. The van der Waals surface area contributed by atoms with Gasteiger partial charge in [0.2, 0.25) is 0 Å². The van der Waals surface area contributed by atoms with Gasteiger partial charge in [0, 0.05) is 6.07 Å². The molecule has 1 N–H and O–H groups in total. The zero-order chi connectivity index (χ0) is 13.2. The van der Waals surface area contributed by atoms with E-state index in [1.807, 2.05) is 13.8 Å². The summed E-state index contributed by atoms with van der Waals surface area (Å²) >= 11 is 5.84. The van der Waals surface area contributed by atoms with Crippen LogP contribution in [-0.4, -0.2) is 16.1 Å². The third-order valence-corrected chi connectivity index (χ3v) is 3.10. The molecule has 0 saturated carbocycles. The average Bonchev–Trinajstić information content (AvgIpc) is 2.22. The fraction of sp³-hybridized carbons (Fsp3) is 0.500. The summed E-state index contributed by atoms with van der Waals surface area (Å²) in [6, 6.07) is 3.02. The first kappa shape index (κ1) is 13.9. The molecule has 0 aromatic heterocycles. The molecule has 17 heavy (non-hydrogen) atoms. The molecule has 94 valence electrons. The molecule has 1 atom stereocenters. The topological polar surface area (TPSA) is 63.4 Å². The Morgan fingerprint density at radius 1 is 1.47 bits per heavy atom. The van der Waals surface area contributed by atoms with E-state index in [9.17, 15) is 15.2 Å². The lowest BCUT2D eigenvalue weighted by Crippen LogP contribution is -2.18. The number of aliphatic hydroxyl groups is 1. The molecule has 0 aliphatic rings. The molecule has 0 aliphatic carbocycles. The third kappa shape index (κ3) is 3.41. The fourth-order valence-electron chi connectivity index (χ4n) is 1.53. The number of nitrogens with zero attached hydrogens (tertiary/aromatic N) is 1. The predicted octanol–water partition coefficient (Wildman–Crippen LogP) is 3.12. The molecule has 0 heterocycles. The van der Waals surface area contributed by atoms with E-state index >= 15 is 0 Å². The molecule has 5 heteroatoms. The molecule has 0 aliphatic heterocycles. The molecule has 1 aromatic rings. The van der Waals surface area contributed by atoms with Gasteiger partial charge >= 0.3 is 0 Å². The van der Waals surface area contributed by atoms with Crippen molar-refractivity contribution < 1.29 is 10.0 Å². The smallest absolute Gasteiger partial charge is 0.288 e. The van der Waals surface area contributed by atoms with Crippen molar-refractivity contribution in [2.45, 2.75) is 33.3 Å². The molecular weight excluding hydrogens is 242 g/mol. The van der Waals surface area contributed by atoms with Crippen LogP contribution >= 0.6 is 11.6 Å². The highest BCUT2D eigenvalue weighted by Crippen LogP contribution is 2.28. The summed E-state index contributed by atoms with van der Waals surface area (Å²) in [6.07, 6.45) is -0.00692. The van der Waals surface area contributed by atoms with Gasteiger partial charge < -0.3 is 5.11 Å². The minimum atomic E-state index is -0.502. The Kier molecular flexibility index (Phi) is 4.48. The highest BCUT2D eigenvalue weighted by atomic mass is 35.5. The second kappa shape index (κ2) is 5.47. The summed E-state index contributed by atoms with van der Waals surface area (Å²) in [4.78, 5) is 10.2. The first-order valence-corrected chi connectivity index (χ1v) is 5.82. The molecule has 0 radical (unpaired) electrons. The van der Waals surface area contributed by atoms with E-state index in [-0.39, 0.29) is 16.6 Å². The summed E-state index contributed by atoms with van der Waals surface area (Å²) in [5, 5.41) is 20.6. The number of benzene rings is 1. The zero-order valence-corrected chi connectivity index (χ0v) is 10.9. The van der Waals surface area contributed by atoms with Crippen LogP contribution in [0.15, 0.2) is 12.1 Å². The molecule has 4 nitrogen and oxygen atoms in total. The first-order chi connectivity index (χ1) is 7.82. The normalized spacial score (nSPS) is 12.8. The number of hydrogen-bond donors (Lipinski definition) is 1. The Balaban J connectivity index is 3.03. The SMILES string of the molecule is Cc1cc([N+](=O)[O-])c(Cl)cc1CC(O)C(C)C. The summed E-state index contributed by atoms with van der Waals surface area (Å²) in [5.41, 5.74) is 1.54. The molecule has 0 spiro atoms. The van der Waals surface area contributed by atoms with E-state index < -0.39 is 11.0 Å². The van der Waals surface area contributed by atoms with Gasteiger partial charge in [0.25, 0.3) is 5.69 Å². The van der Waals surface area contributed by atoms with Crippen LogP contribution in [0.4, 0.5) is 5.69 Å². The lowest BCUT2D eigenvalue weighted by Gasteiger charge is -2.16. The van der Waals surface area contributed by atoms with E-state index in [1.165, 1.54) is 6.07 Å². The van der Waals surface area contributed by atoms with Crippen LogP contribution in [0.5, 0.6) is 0 Å². The highest BCUT2D eigenvalue weighted by Gasteiger charge is 2.17. The van der Waals surface area contributed by atoms with Crippen molar-refractivity contribution in [3.63, 3.8) is 0 Å². The third-order valence-electron chi connectivity index (χ3n) is 2.80. The number of rotatable bonds is 4. The van der Waals surface area contributed by atoms with Crippen molar-refractivity contribution in [1.29, 1.82) is 0 Å². The van der Waals surface area contributed by atoms with Crippen molar-refractivity contribution in [3.8, 4) is 0 Å². The van der Waals surface area contributed by atoms with Gasteiger partial charge in [0.15, 0.2) is 0 Å². The Hall–Kier alpha value is -1.13. The molecule has 0 saturated heterocycles. The highest BCUT2D eigenvalue weighted by molar-refractivity contribution is 6.32. The van der Waals surface area contributed by atoms with Gasteiger partial charge in [-0.1, -0.05) is 25.4 Å². The lowest BCUT2D eigenvalue weighted by atomic mass is 9.96. The van der Waals surface area contributed by atoms with Crippen molar-refractivity contribution >= 4 is 17.3 Å². The number of hydrogen-bond acceptors (Lipinski definition) is 3. The maximum atomic E-state index is 10.7. The van der Waals surface area contributed by atoms with Crippen molar-refractivity contribution in [3.05, 3.63) is 38.4 Å². The van der Waals surface area contributed by atoms with Crippen LogP contribution in [0.3, 0.4) is 0 Å². The number of aryl methyl sites for hydroxylation is 1. The molecule has 0 bridgehead atoms. The van der Waals surface area contributed by atoms with E-state index in [0.29, 0.717) is 6.42 Å². The van der Waals surface area contributed by atoms with Crippen LogP contribution in [0.2, 0.25) is 5.02 Å². The zero-order valence-electron chi connectivity index (χ0n) is 10.1. The molecule has 0 amide bonds. The van der Waals surface area contributed by atoms with Crippen LogP contribution in [0.25, 0.3) is 0 Å². The van der Waals surface area contributed by atoms with Gasteiger partial charge in [-0.2, -0.15) is 0 Å². The predicted molar refractivity (Wildman–Crippen MR) is 67.4 cm³/mol. The van der Waals surface area contributed by atoms with E-state index in [0.717, 1.165) is 11.1 Å². The fourth-order valence-corrected chi connectivity index (χ4v) is 1.78. The summed E-state index contributed by atoms with van der Waals surface area (Å²) in [6.45, 7) is 5.63. The van der Waals surface area contributed by atoms with Crippen LogP contribution < -0.4 is 0 Å². The molecular formula is C12H16ClNO3. The summed E-state index contributed by atoms with van der Waals surface area (Å²) in [5.74, 6) is 0.142. The Bertz CT molecular complexity index is 432. The molecule has 1 aromatic carbocycles. The average molecular weight is 258 g/mol. The number of aliphatic hydroxyl groups excluding tert-OH is 1. The van der Waals surface area contributed by atoms with Gasteiger partial charge in [-0.3, -0.25) is 10.1 Å². The van der Waals surface area contributed by atoms with Gasteiger partial charge in [0.05, 0.1) is 11.0 Å². The Morgan fingerprint density at radius 2 is 2.06 bits per heavy atom. The van der Waals surface area contributed by atoms with Gasteiger partial charge in [0.1, 0.15) is 5.02 Å². The Labute approximate surface area is 105 Å². The van der Waals surface area contributed by atoms with Gasteiger partial charge in [-0.25, -0.2) is 0 Å². The minimum absolute atomic E-state index is 0.0908. The number of halogens is 1. The van der Waals surface area contributed by atoms with E-state index in [1.54, 1.807) is 13.0 Å². The van der Waals surface area contributed by atoms with Crippen molar-refractivity contribution in [2.24, 2.45) is 5.92 Å². The second-order valence-corrected chi connectivity index (χ2v) is 4.91. The standard InChI is InChI=1S/C12H16ClNO3/c1-7(2)12(15)6-9-5-10(13)11(14(16)17)4-8(9)3/h4-5,7,12,15H,6H2,1-3H3. The van der Waals surface area contributed by atoms with E-state index in [2.05, 4.69) is 0 Å². The van der Waals surface area contributed by atoms with Crippen LogP contribution in [0, 0.1) is 23.0 Å². The monoisotopic (exact) mass is 257 g/mol. The second-order valence-electron chi connectivity index (χ2n) is 4.50. The molecule has 1 unspecified atom stereocenters. The lowest BCUT2D eigenvalue weighted by molar-refractivity contribution is -0.384. The van der Waals surface area contributed by atoms with Gasteiger partial charge in [-0.05, 0) is 36.5 Å². The van der Waals surface area contributed by atoms with Crippen LogP contribution in [-0.2, 0) is 6.42 Å². The minimum Gasteiger partial charge on any atom is -0.393 e. The summed E-state index contributed by atoms with van der Waals surface area (Å²) < 4.78 is 0. The van der Waals surface area contributed by atoms with Gasteiger partial charge in [-0.15, -0.1) is 0 Å². The Morgan fingerprint density at radius 3 is 2.53 bits per heavy atom. The quantitative estimate of drug-likeness (QED) is 0.666.